The summed E-state index contributed by atoms with van der Waals surface area (Å²) in [6, 6.07) is 8.05. The highest BCUT2D eigenvalue weighted by molar-refractivity contribution is 6.32. The van der Waals surface area contributed by atoms with Gasteiger partial charge >= 0.3 is 0 Å². The Morgan fingerprint density at radius 1 is 1.31 bits per heavy atom. The van der Waals surface area contributed by atoms with Gasteiger partial charge in [0.15, 0.2) is 0 Å². The second-order valence-electron chi connectivity index (χ2n) is 3.87. The molecule has 0 amide bonds. The van der Waals surface area contributed by atoms with Crippen LogP contribution < -0.4 is 5.32 Å². The molecule has 16 heavy (non-hydrogen) atoms. The lowest BCUT2D eigenvalue weighted by Gasteiger charge is -2.13. The van der Waals surface area contributed by atoms with Crippen molar-refractivity contribution in [2.45, 2.75) is 19.9 Å². The monoisotopic (exact) mass is 235 g/mol. The molecule has 1 aromatic carbocycles. The topological polar surface area (TPSA) is 29.9 Å². The van der Waals surface area contributed by atoms with Crippen LogP contribution in [0.15, 0.2) is 36.7 Å². The third kappa shape index (κ3) is 2.19. The van der Waals surface area contributed by atoms with E-state index >= 15 is 0 Å². The Morgan fingerprint density at radius 2 is 2.06 bits per heavy atom. The Labute approximate surface area is 100 Å². The molecule has 0 unspecified atom stereocenters. The fraction of sp³-hybridized carbons (Fsp3) is 0.250. The number of nitrogens with zero attached hydrogens (tertiary/aromatic N) is 2. The van der Waals surface area contributed by atoms with Gasteiger partial charge in [-0.05, 0) is 26.0 Å². The summed E-state index contributed by atoms with van der Waals surface area (Å²) < 4.78 is 1.95. The van der Waals surface area contributed by atoms with Crippen LogP contribution in [0.2, 0.25) is 5.02 Å². The summed E-state index contributed by atoms with van der Waals surface area (Å²) in [5.41, 5.74) is 0.935. The van der Waals surface area contributed by atoms with Crippen molar-refractivity contribution in [3.8, 4) is 5.69 Å². The van der Waals surface area contributed by atoms with Gasteiger partial charge in [-0.25, -0.2) is 4.98 Å². The summed E-state index contributed by atoms with van der Waals surface area (Å²) in [5, 5.41) is 3.99. The highest BCUT2D eigenvalue weighted by Crippen LogP contribution is 2.22. The number of benzene rings is 1. The largest absolute Gasteiger partial charge is 0.353 e. The molecule has 0 bridgehead atoms. The molecule has 2 rings (SSSR count). The quantitative estimate of drug-likeness (QED) is 0.884. The first-order chi connectivity index (χ1) is 7.68. The van der Waals surface area contributed by atoms with Crippen LogP contribution in [0.5, 0.6) is 0 Å². The van der Waals surface area contributed by atoms with E-state index in [4.69, 9.17) is 11.6 Å². The predicted molar refractivity (Wildman–Crippen MR) is 67.3 cm³/mol. The highest BCUT2D eigenvalue weighted by atomic mass is 35.5. The molecule has 1 aromatic heterocycles. The maximum atomic E-state index is 6.15. The first-order valence-electron chi connectivity index (χ1n) is 5.23. The van der Waals surface area contributed by atoms with Crippen molar-refractivity contribution in [2.75, 3.05) is 5.32 Å². The lowest BCUT2D eigenvalue weighted by molar-refractivity contribution is 0.864. The Hall–Kier alpha value is -1.48. The van der Waals surface area contributed by atoms with E-state index in [0.29, 0.717) is 11.1 Å². The molecule has 0 aliphatic heterocycles. The predicted octanol–water partition coefficient (Wildman–Crippen LogP) is 3.35. The minimum absolute atomic E-state index is 0.337. The normalized spacial score (nSPS) is 10.8. The van der Waals surface area contributed by atoms with Crippen LogP contribution >= 0.6 is 11.6 Å². The van der Waals surface area contributed by atoms with Crippen molar-refractivity contribution in [3.05, 3.63) is 41.7 Å². The van der Waals surface area contributed by atoms with Gasteiger partial charge in [-0.1, -0.05) is 23.7 Å². The second kappa shape index (κ2) is 4.58. The molecule has 0 fully saturated rings. The Balaban J connectivity index is 2.41. The van der Waals surface area contributed by atoms with E-state index in [0.717, 1.165) is 11.6 Å². The van der Waals surface area contributed by atoms with Gasteiger partial charge in [-0.2, -0.15) is 0 Å². The van der Waals surface area contributed by atoms with Crippen molar-refractivity contribution in [2.24, 2.45) is 0 Å². The summed E-state index contributed by atoms with van der Waals surface area (Å²) in [4.78, 5) is 4.27. The summed E-state index contributed by atoms with van der Waals surface area (Å²) in [6.45, 7) is 4.15. The highest BCUT2D eigenvalue weighted by Gasteiger charge is 2.08. The number of aromatic nitrogens is 2. The number of nitrogens with one attached hydrogen (secondary N) is 1. The van der Waals surface area contributed by atoms with Gasteiger partial charge in [0.25, 0.3) is 0 Å². The van der Waals surface area contributed by atoms with Crippen molar-refractivity contribution in [1.29, 1.82) is 0 Å². The zero-order valence-corrected chi connectivity index (χ0v) is 10.1. The molecule has 0 saturated carbocycles. The molecule has 0 radical (unpaired) electrons. The maximum absolute atomic E-state index is 6.15. The molecular formula is C12H14ClN3. The lowest BCUT2D eigenvalue weighted by atomic mass is 10.3. The summed E-state index contributed by atoms with van der Waals surface area (Å²) in [7, 11) is 0. The third-order valence-corrected chi connectivity index (χ3v) is 2.49. The van der Waals surface area contributed by atoms with Crippen molar-refractivity contribution >= 4 is 17.5 Å². The van der Waals surface area contributed by atoms with Gasteiger partial charge in [0.1, 0.15) is 0 Å². The van der Waals surface area contributed by atoms with Gasteiger partial charge in [0.2, 0.25) is 5.95 Å². The minimum atomic E-state index is 0.337. The van der Waals surface area contributed by atoms with Gasteiger partial charge in [-0.15, -0.1) is 0 Å². The fourth-order valence-corrected chi connectivity index (χ4v) is 1.74. The van der Waals surface area contributed by atoms with Crippen LogP contribution in [-0.4, -0.2) is 15.6 Å². The first-order valence-corrected chi connectivity index (χ1v) is 5.61. The summed E-state index contributed by atoms with van der Waals surface area (Å²) in [6.07, 6.45) is 3.65. The van der Waals surface area contributed by atoms with Crippen LogP contribution in [0.1, 0.15) is 13.8 Å². The maximum Gasteiger partial charge on any atom is 0.207 e. The number of halogens is 1. The molecule has 84 valence electrons. The van der Waals surface area contributed by atoms with Crippen LogP contribution in [0, 0.1) is 0 Å². The SMILES string of the molecule is CC(C)Nc1nccn1-c1ccccc1Cl. The van der Waals surface area contributed by atoms with E-state index in [1.54, 1.807) is 6.20 Å². The molecule has 4 heteroatoms. The third-order valence-electron chi connectivity index (χ3n) is 2.17. The van der Waals surface area contributed by atoms with Gasteiger partial charge in [-0.3, -0.25) is 4.57 Å². The average molecular weight is 236 g/mol. The van der Waals surface area contributed by atoms with Crippen LogP contribution in [-0.2, 0) is 0 Å². The smallest absolute Gasteiger partial charge is 0.207 e. The number of rotatable bonds is 3. The number of anilines is 1. The summed E-state index contributed by atoms with van der Waals surface area (Å²) in [5.74, 6) is 0.808. The molecule has 0 aliphatic carbocycles. The molecule has 0 spiro atoms. The van der Waals surface area contributed by atoms with Crippen LogP contribution in [0.25, 0.3) is 5.69 Å². The Morgan fingerprint density at radius 3 is 2.75 bits per heavy atom. The van der Waals surface area contributed by atoms with E-state index in [1.807, 2.05) is 35.0 Å². The zero-order chi connectivity index (χ0) is 11.5. The standard InChI is InChI=1S/C12H14ClN3/c1-9(2)15-12-14-7-8-16(12)11-6-4-3-5-10(11)13/h3-9H,1-2H3,(H,14,15). The van der Waals surface area contributed by atoms with Crippen molar-refractivity contribution in [1.82, 2.24) is 9.55 Å². The molecular weight excluding hydrogens is 222 g/mol. The molecule has 1 N–H and O–H groups in total. The van der Waals surface area contributed by atoms with E-state index < -0.39 is 0 Å². The van der Waals surface area contributed by atoms with Crippen LogP contribution in [0.4, 0.5) is 5.95 Å². The van der Waals surface area contributed by atoms with E-state index in [2.05, 4.69) is 24.1 Å². The molecule has 1 heterocycles. The Kier molecular flexibility index (Phi) is 3.15. The van der Waals surface area contributed by atoms with Gasteiger partial charge in [0.05, 0.1) is 10.7 Å². The fourth-order valence-electron chi connectivity index (χ4n) is 1.51. The molecule has 3 nitrogen and oxygen atoms in total. The van der Waals surface area contributed by atoms with Gasteiger partial charge < -0.3 is 5.32 Å². The first kappa shape index (κ1) is 11.0. The van der Waals surface area contributed by atoms with E-state index in [9.17, 15) is 0 Å². The average Bonchev–Trinajstić information content (AvgIpc) is 2.66. The minimum Gasteiger partial charge on any atom is -0.353 e. The van der Waals surface area contributed by atoms with Crippen LogP contribution in [0.3, 0.4) is 0 Å². The van der Waals surface area contributed by atoms with Crippen molar-refractivity contribution in [3.63, 3.8) is 0 Å². The molecule has 0 aliphatic rings. The zero-order valence-electron chi connectivity index (χ0n) is 9.31. The summed E-state index contributed by atoms with van der Waals surface area (Å²) >= 11 is 6.15. The number of imidazole rings is 1. The number of hydrogen-bond donors (Lipinski definition) is 1. The lowest BCUT2D eigenvalue weighted by Crippen LogP contribution is -2.14. The van der Waals surface area contributed by atoms with E-state index in [1.165, 1.54) is 0 Å². The van der Waals surface area contributed by atoms with Gasteiger partial charge in [0, 0.05) is 18.4 Å². The van der Waals surface area contributed by atoms with E-state index in [-0.39, 0.29) is 0 Å². The molecule has 2 aromatic rings. The molecule has 0 saturated heterocycles. The van der Waals surface area contributed by atoms with Crippen molar-refractivity contribution < 1.29 is 0 Å². The Bertz CT molecular complexity index is 477. The molecule has 0 atom stereocenters. The second-order valence-corrected chi connectivity index (χ2v) is 4.28. The number of para-hydroxylation sites is 1. The number of hydrogen-bond acceptors (Lipinski definition) is 2.